The third kappa shape index (κ3) is 3.90. The molecule has 1 fully saturated rings. The summed E-state index contributed by atoms with van der Waals surface area (Å²) in [7, 11) is 1.47. The van der Waals surface area contributed by atoms with Crippen molar-refractivity contribution in [3.05, 3.63) is 23.2 Å². The van der Waals surface area contributed by atoms with Crippen LogP contribution in [0.4, 0.5) is 5.69 Å². The maximum Gasteiger partial charge on any atom is 0.338 e. The number of benzene rings is 1. The Balaban J connectivity index is 1.91. The lowest BCUT2D eigenvalue weighted by molar-refractivity contribution is -0.166. The van der Waals surface area contributed by atoms with Crippen molar-refractivity contribution >= 4 is 29.2 Å². The zero-order chi connectivity index (χ0) is 16.2. The molecule has 6 nitrogen and oxygen atoms in total. The predicted octanol–water partition coefficient (Wildman–Crippen LogP) is 2.14. The van der Waals surface area contributed by atoms with E-state index in [4.69, 9.17) is 21.1 Å². The van der Waals surface area contributed by atoms with Gasteiger partial charge < -0.3 is 19.9 Å². The molecule has 2 N–H and O–H groups in total. The number of nitrogens with one attached hydrogen (secondary N) is 1. The minimum absolute atomic E-state index is 0.371. The topological polar surface area (TPSA) is 84.9 Å². The quantitative estimate of drug-likeness (QED) is 0.809. The molecule has 0 saturated heterocycles. The molecule has 1 aromatic carbocycles. The molecule has 1 amide bonds. The molecule has 1 aliphatic carbocycles. The molecular weight excluding hydrogens is 310 g/mol. The van der Waals surface area contributed by atoms with Crippen LogP contribution in [0.3, 0.4) is 0 Å². The van der Waals surface area contributed by atoms with Gasteiger partial charge in [0.25, 0.3) is 5.91 Å². The predicted molar refractivity (Wildman–Crippen MR) is 81.0 cm³/mol. The lowest BCUT2D eigenvalue weighted by Gasteiger charge is -2.19. The smallest absolute Gasteiger partial charge is 0.338 e. The van der Waals surface area contributed by atoms with E-state index in [1.807, 2.05) is 0 Å². The molecular formula is C15H18ClNO5. The monoisotopic (exact) mass is 327 g/mol. The fourth-order valence-electron chi connectivity index (χ4n) is 2.39. The van der Waals surface area contributed by atoms with E-state index in [9.17, 15) is 14.7 Å². The van der Waals surface area contributed by atoms with Crippen LogP contribution in [-0.4, -0.2) is 36.3 Å². The Kier molecular flexibility index (Phi) is 5.26. The van der Waals surface area contributed by atoms with Crippen LogP contribution in [-0.2, 0) is 14.3 Å². The summed E-state index contributed by atoms with van der Waals surface area (Å²) in [5.74, 6) is -0.841. The van der Waals surface area contributed by atoms with Gasteiger partial charge in [0, 0.05) is 5.02 Å². The van der Waals surface area contributed by atoms with Gasteiger partial charge in [-0.2, -0.15) is 0 Å². The van der Waals surface area contributed by atoms with Crippen LogP contribution in [0.2, 0.25) is 5.02 Å². The highest BCUT2D eigenvalue weighted by Crippen LogP contribution is 2.30. The molecule has 22 heavy (non-hydrogen) atoms. The first kappa shape index (κ1) is 16.6. The van der Waals surface area contributed by atoms with E-state index in [-0.39, 0.29) is 0 Å². The van der Waals surface area contributed by atoms with Crippen LogP contribution in [0.25, 0.3) is 0 Å². The van der Waals surface area contributed by atoms with Gasteiger partial charge in [0.1, 0.15) is 5.75 Å². The number of aliphatic hydroxyl groups is 1. The van der Waals surface area contributed by atoms with Gasteiger partial charge in [0.05, 0.1) is 12.8 Å². The largest absolute Gasteiger partial charge is 0.495 e. The molecule has 0 atom stereocenters. The van der Waals surface area contributed by atoms with Crippen LogP contribution in [0.1, 0.15) is 25.7 Å². The van der Waals surface area contributed by atoms with Gasteiger partial charge in [-0.05, 0) is 43.9 Å². The van der Waals surface area contributed by atoms with Gasteiger partial charge in [-0.15, -0.1) is 0 Å². The van der Waals surface area contributed by atoms with Gasteiger partial charge in [-0.25, -0.2) is 4.79 Å². The number of hydrogen-bond donors (Lipinski definition) is 2. The normalized spacial score (nSPS) is 16.1. The highest BCUT2D eigenvalue weighted by Gasteiger charge is 2.40. The summed E-state index contributed by atoms with van der Waals surface area (Å²) in [6, 6.07) is 4.78. The van der Waals surface area contributed by atoms with Crippen molar-refractivity contribution in [2.45, 2.75) is 31.3 Å². The molecule has 0 unspecified atom stereocenters. The minimum atomic E-state index is -1.45. The SMILES string of the molecule is COc1ccc(Cl)cc1NC(=O)COC(=O)C1(O)CCCC1. The first-order valence-corrected chi connectivity index (χ1v) is 7.35. The summed E-state index contributed by atoms with van der Waals surface area (Å²) in [5, 5.41) is 13.0. The Morgan fingerprint density at radius 1 is 1.36 bits per heavy atom. The summed E-state index contributed by atoms with van der Waals surface area (Å²) >= 11 is 5.86. The Morgan fingerprint density at radius 2 is 2.05 bits per heavy atom. The minimum Gasteiger partial charge on any atom is -0.495 e. The van der Waals surface area contributed by atoms with Crippen molar-refractivity contribution in [2.75, 3.05) is 19.0 Å². The van der Waals surface area contributed by atoms with Crippen molar-refractivity contribution < 1.29 is 24.2 Å². The number of esters is 1. The Bertz CT molecular complexity index is 569. The number of ether oxygens (including phenoxy) is 2. The van der Waals surface area contributed by atoms with E-state index in [0.29, 0.717) is 29.3 Å². The summed E-state index contributed by atoms with van der Waals surface area (Å²) in [6.45, 7) is -0.475. The molecule has 1 aromatic rings. The van der Waals surface area contributed by atoms with E-state index >= 15 is 0 Å². The fraction of sp³-hybridized carbons (Fsp3) is 0.467. The van der Waals surface area contributed by atoms with Crippen molar-refractivity contribution in [3.63, 3.8) is 0 Å². The summed E-state index contributed by atoms with van der Waals surface area (Å²) in [4.78, 5) is 23.7. The molecule has 1 aliphatic rings. The Hall–Kier alpha value is -1.79. The summed E-state index contributed by atoms with van der Waals surface area (Å²) < 4.78 is 9.99. The third-order valence-corrected chi connectivity index (χ3v) is 3.82. The molecule has 0 aromatic heterocycles. The number of anilines is 1. The second kappa shape index (κ2) is 6.98. The number of carbonyl (C=O) groups is 2. The van der Waals surface area contributed by atoms with Gasteiger partial charge in [0.15, 0.2) is 12.2 Å². The molecule has 0 heterocycles. The van der Waals surface area contributed by atoms with Gasteiger partial charge in [-0.1, -0.05) is 11.6 Å². The number of amides is 1. The lowest BCUT2D eigenvalue weighted by Crippen LogP contribution is -2.38. The molecule has 0 bridgehead atoms. The molecule has 1 saturated carbocycles. The van der Waals surface area contributed by atoms with Crippen molar-refractivity contribution in [1.29, 1.82) is 0 Å². The third-order valence-electron chi connectivity index (χ3n) is 3.58. The zero-order valence-electron chi connectivity index (χ0n) is 12.2. The fourth-order valence-corrected chi connectivity index (χ4v) is 2.57. The second-order valence-corrected chi connectivity index (χ2v) is 5.64. The van der Waals surface area contributed by atoms with E-state index in [0.717, 1.165) is 12.8 Å². The number of hydrogen-bond acceptors (Lipinski definition) is 5. The second-order valence-electron chi connectivity index (χ2n) is 5.21. The van der Waals surface area contributed by atoms with Gasteiger partial charge in [-0.3, -0.25) is 4.79 Å². The first-order chi connectivity index (χ1) is 10.4. The van der Waals surface area contributed by atoms with Crippen molar-refractivity contribution in [3.8, 4) is 5.75 Å². The van der Waals surface area contributed by atoms with Crippen LogP contribution in [0.15, 0.2) is 18.2 Å². The number of rotatable bonds is 5. The highest BCUT2D eigenvalue weighted by molar-refractivity contribution is 6.31. The standard InChI is InChI=1S/C15H18ClNO5/c1-21-12-5-4-10(16)8-11(12)17-13(18)9-22-14(19)15(20)6-2-3-7-15/h4-5,8,20H,2-3,6-7,9H2,1H3,(H,17,18). The van der Waals surface area contributed by atoms with Crippen LogP contribution >= 0.6 is 11.6 Å². The lowest BCUT2D eigenvalue weighted by atomic mass is 10.0. The number of carbonyl (C=O) groups excluding carboxylic acids is 2. The molecule has 120 valence electrons. The van der Waals surface area contributed by atoms with Crippen molar-refractivity contribution in [2.24, 2.45) is 0 Å². The van der Waals surface area contributed by atoms with Gasteiger partial charge >= 0.3 is 5.97 Å². The average molecular weight is 328 g/mol. The van der Waals surface area contributed by atoms with E-state index in [2.05, 4.69) is 5.32 Å². The van der Waals surface area contributed by atoms with E-state index in [1.165, 1.54) is 13.2 Å². The summed E-state index contributed by atoms with van der Waals surface area (Å²) in [6.07, 6.45) is 2.29. The van der Waals surface area contributed by atoms with Crippen LogP contribution in [0.5, 0.6) is 5.75 Å². The first-order valence-electron chi connectivity index (χ1n) is 6.97. The molecule has 0 radical (unpaired) electrons. The Labute approximate surface area is 133 Å². The maximum absolute atomic E-state index is 11.8. The number of methoxy groups -OCH3 is 1. The highest BCUT2D eigenvalue weighted by atomic mass is 35.5. The molecule has 0 spiro atoms. The number of halogens is 1. The van der Waals surface area contributed by atoms with Crippen LogP contribution in [0, 0.1) is 0 Å². The summed E-state index contributed by atoms with van der Waals surface area (Å²) in [5.41, 5.74) is -1.07. The zero-order valence-corrected chi connectivity index (χ0v) is 13.0. The molecule has 2 rings (SSSR count). The average Bonchev–Trinajstić information content (AvgIpc) is 2.93. The molecule has 0 aliphatic heterocycles. The van der Waals surface area contributed by atoms with Crippen LogP contribution < -0.4 is 10.1 Å². The van der Waals surface area contributed by atoms with E-state index < -0.39 is 24.1 Å². The Morgan fingerprint density at radius 3 is 2.68 bits per heavy atom. The maximum atomic E-state index is 11.8. The van der Waals surface area contributed by atoms with E-state index in [1.54, 1.807) is 12.1 Å². The molecule has 7 heteroatoms. The van der Waals surface area contributed by atoms with Gasteiger partial charge in [0.2, 0.25) is 0 Å². The van der Waals surface area contributed by atoms with Crippen molar-refractivity contribution in [1.82, 2.24) is 0 Å².